The van der Waals surface area contributed by atoms with Crippen molar-refractivity contribution in [2.45, 2.75) is 25.9 Å². The van der Waals surface area contributed by atoms with E-state index in [0.717, 1.165) is 23.4 Å². The van der Waals surface area contributed by atoms with Crippen molar-refractivity contribution in [3.05, 3.63) is 65.2 Å². The van der Waals surface area contributed by atoms with Crippen molar-refractivity contribution < 1.29 is 4.79 Å². The molecule has 0 aliphatic carbocycles. The maximum absolute atomic E-state index is 12.3. The number of nitrogens with two attached hydrogens (primary N) is 1. The average Bonchev–Trinajstić information content (AvgIpc) is 2.51. The summed E-state index contributed by atoms with van der Waals surface area (Å²) >= 11 is 0. The molecule has 2 aromatic rings. The lowest BCUT2D eigenvalue weighted by molar-refractivity contribution is -0.116. The van der Waals surface area contributed by atoms with Gasteiger partial charge in [0.05, 0.1) is 0 Å². The van der Waals surface area contributed by atoms with E-state index in [0.29, 0.717) is 0 Å². The number of carbonyl (C=O) groups is 1. The van der Waals surface area contributed by atoms with Crippen LogP contribution in [0.4, 0.5) is 5.69 Å². The molecule has 0 heterocycles. The minimum atomic E-state index is -0.290. The Morgan fingerprint density at radius 2 is 1.87 bits per heavy atom. The van der Waals surface area contributed by atoms with E-state index in [1.54, 1.807) is 0 Å². The molecule has 0 aliphatic heterocycles. The Hall–Kier alpha value is -2.17. The normalized spacial score (nSPS) is 12.2. The van der Waals surface area contributed by atoms with Crippen molar-refractivity contribution in [3.63, 3.8) is 0 Å². The van der Waals surface area contributed by atoms with Gasteiger partial charge in [0.2, 0.25) is 5.91 Å². The minimum absolute atomic E-state index is 0.0635. The van der Waals surface area contributed by atoms with E-state index in [2.05, 4.69) is 16.3 Å². The molecule has 2 aromatic carbocycles. The first-order valence-corrected chi connectivity index (χ1v) is 7.80. The summed E-state index contributed by atoms with van der Waals surface area (Å²) < 4.78 is 0. The molecule has 0 saturated carbocycles. The molecule has 4 heteroatoms. The standard InChI is InChI=1S/C19H25N3O/c1-14-9-10-15(13-22(2)3)11-18(14)21-19(23)12-17(20)16-7-5-4-6-8-16/h4-11,17H,12-13,20H2,1-3H3,(H,21,23). The first-order chi connectivity index (χ1) is 11.0. The van der Waals surface area contributed by atoms with Gasteiger partial charge in [-0.05, 0) is 43.8 Å². The summed E-state index contributed by atoms with van der Waals surface area (Å²) in [5, 5.41) is 2.99. The van der Waals surface area contributed by atoms with Gasteiger partial charge in [0.1, 0.15) is 0 Å². The van der Waals surface area contributed by atoms with Crippen LogP contribution in [0.5, 0.6) is 0 Å². The Bertz CT molecular complexity index is 653. The number of amides is 1. The van der Waals surface area contributed by atoms with Crippen LogP contribution in [-0.2, 0) is 11.3 Å². The molecule has 0 saturated heterocycles. The molecule has 4 nitrogen and oxygen atoms in total. The maximum Gasteiger partial charge on any atom is 0.226 e. The average molecular weight is 311 g/mol. The lowest BCUT2D eigenvalue weighted by Gasteiger charge is -2.15. The topological polar surface area (TPSA) is 58.4 Å². The number of rotatable bonds is 6. The van der Waals surface area contributed by atoms with Gasteiger partial charge in [-0.15, -0.1) is 0 Å². The van der Waals surface area contributed by atoms with E-state index < -0.39 is 0 Å². The number of benzene rings is 2. The predicted octanol–water partition coefficient (Wildman–Crippen LogP) is 3.09. The van der Waals surface area contributed by atoms with Crippen molar-refractivity contribution in [2.24, 2.45) is 5.73 Å². The molecule has 1 amide bonds. The molecule has 23 heavy (non-hydrogen) atoms. The highest BCUT2D eigenvalue weighted by Crippen LogP contribution is 2.20. The summed E-state index contributed by atoms with van der Waals surface area (Å²) in [7, 11) is 4.05. The quantitative estimate of drug-likeness (QED) is 0.862. The number of aryl methyl sites for hydroxylation is 1. The molecule has 0 fully saturated rings. The molecule has 0 aromatic heterocycles. The zero-order valence-corrected chi connectivity index (χ0v) is 14.0. The van der Waals surface area contributed by atoms with E-state index in [1.165, 1.54) is 5.56 Å². The Labute approximate surface area is 138 Å². The Kier molecular flexibility index (Phi) is 5.90. The van der Waals surface area contributed by atoms with Crippen LogP contribution in [0.15, 0.2) is 48.5 Å². The molecule has 0 spiro atoms. The molecule has 3 N–H and O–H groups in total. The molecular weight excluding hydrogens is 286 g/mol. The van der Waals surface area contributed by atoms with Crippen LogP contribution in [0.2, 0.25) is 0 Å². The Morgan fingerprint density at radius 1 is 1.17 bits per heavy atom. The van der Waals surface area contributed by atoms with Crippen molar-refractivity contribution in [3.8, 4) is 0 Å². The van der Waals surface area contributed by atoms with Crippen molar-refractivity contribution in [2.75, 3.05) is 19.4 Å². The van der Waals surface area contributed by atoms with Crippen LogP contribution < -0.4 is 11.1 Å². The molecule has 2 rings (SSSR count). The lowest BCUT2D eigenvalue weighted by atomic mass is 10.0. The lowest BCUT2D eigenvalue weighted by Crippen LogP contribution is -2.21. The van der Waals surface area contributed by atoms with Gasteiger partial charge in [-0.1, -0.05) is 42.5 Å². The number of nitrogens with zero attached hydrogens (tertiary/aromatic N) is 1. The Morgan fingerprint density at radius 3 is 2.52 bits per heavy atom. The van der Waals surface area contributed by atoms with Crippen LogP contribution in [-0.4, -0.2) is 24.9 Å². The highest BCUT2D eigenvalue weighted by molar-refractivity contribution is 5.92. The second kappa shape index (κ2) is 7.90. The number of hydrogen-bond acceptors (Lipinski definition) is 3. The third-order valence-corrected chi connectivity index (χ3v) is 3.71. The van der Waals surface area contributed by atoms with Crippen LogP contribution in [0.25, 0.3) is 0 Å². The third-order valence-electron chi connectivity index (χ3n) is 3.71. The highest BCUT2D eigenvalue weighted by atomic mass is 16.1. The third kappa shape index (κ3) is 5.20. The van der Waals surface area contributed by atoms with Crippen molar-refractivity contribution >= 4 is 11.6 Å². The van der Waals surface area contributed by atoms with E-state index in [9.17, 15) is 4.79 Å². The van der Waals surface area contributed by atoms with Gasteiger partial charge in [-0.3, -0.25) is 4.79 Å². The van der Waals surface area contributed by atoms with Gasteiger partial charge >= 0.3 is 0 Å². The van der Waals surface area contributed by atoms with Crippen LogP contribution in [0.1, 0.15) is 29.2 Å². The van der Waals surface area contributed by atoms with Gasteiger partial charge in [0.15, 0.2) is 0 Å². The molecular formula is C19H25N3O. The van der Waals surface area contributed by atoms with Crippen LogP contribution in [0.3, 0.4) is 0 Å². The van der Waals surface area contributed by atoms with Gasteiger partial charge in [0, 0.05) is 24.7 Å². The van der Waals surface area contributed by atoms with Gasteiger partial charge in [0.25, 0.3) is 0 Å². The molecule has 0 radical (unpaired) electrons. The summed E-state index contributed by atoms with van der Waals surface area (Å²) in [4.78, 5) is 14.4. The fourth-order valence-corrected chi connectivity index (χ4v) is 2.49. The monoisotopic (exact) mass is 311 g/mol. The second-order valence-corrected chi connectivity index (χ2v) is 6.16. The molecule has 1 unspecified atom stereocenters. The molecule has 0 aliphatic rings. The van der Waals surface area contributed by atoms with Crippen LogP contribution >= 0.6 is 0 Å². The Balaban J connectivity index is 2.02. The summed E-state index contributed by atoms with van der Waals surface area (Å²) in [6.07, 6.45) is 0.265. The van der Waals surface area contributed by atoms with Crippen molar-refractivity contribution in [1.82, 2.24) is 4.90 Å². The van der Waals surface area contributed by atoms with E-state index in [-0.39, 0.29) is 18.4 Å². The van der Waals surface area contributed by atoms with E-state index >= 15 is 0 Å². The number of anilines is 1. The molecule has 1 atom stereocenters. The van der Waals surface area contributed by atoms with Gasteiger partial charge in [-0.25, -0.2) is 0 Å². The SMILES string of the molecule is Cc1ccc(CN(C)C)cc1NC(=O)CC(N)c1ccccc1. The summed E-state index contributed by atoms with van der Waals surface area (Å²) in [6, 6.07) is 15.6. The van der Waals surface area contributed by atoms with E-state index in [4.69, 9.17) is 5.73 Å². The van der Waals surface area contributed by atoms with Gasteiger partial charge in [-0.2, -0.15) is 0 Å². The summed E-state index contributed by atoms with van der Waals surface area (Å²) in [5.41, 5.74) is 10.2. The van der Waals surface area contributed by atoms with Crippen molar-refractivity contribution in [1.29, 1.82) is 0 Å². The number of carbonyl (C=O) groups excluding carboxylic acids is 1. The number of hydrogen-bond donors (Lipinski definition) is 2. The smallest absolute Gasteiger partial charge is 0.226 e. The fraction of sp³-hybridized carbons (Fsp3) is 0.316. The zero-order valence-electron chi connectivity index (χ0n) is 14.0. The summed E-state index contributed by atoms with van der Waals surface area (Å²) in [6.45, 7) is 2.83. The van der Waals surface area contributed by atoms with Gasteiger partial charge < -0.3 is 16.0 Å². The predicted molar refractivity (Wildman–Crippen MR) is 95.2 cm³/mol. The minimum Gasteiger partial charge on any atom is -0.326 e. The zero-order chi connectivity index (χ0) is 16.8. The van der Waals surface area contributed by atoms with E-state index in [1.807, 2.05) is 63.5 Å². The molecule has 0 bridgehead atoms. The largest absolute Gasteiger partial charge is 0.326 e. The molecule has 122 valence electrons. The second-order valence-electron chi connectivity index (χ2n) is 6.16. The van der Waals surface area contributed by atoms with Crippen LogP contribution in [0, 0.1) is 6.92 Å². The first-order valence-electron chi connectivity index (χ1n) is 7.80. The fourth-order valence-electron chi connectivity index (χ4n) is 2.49. The maximum atomic E-state index is 12.3. The highest BCUT2D eigenvalue weighted by Gasteiger charge is 2.12. The first kappa shape index (κ1) is 17.2. The summed E-state index contributed by atoms with van der Waals surface area (Å²) in [5.74, 6) is -0.0635. The number of nitrogens with one attached hydrogen (secondary N) is 1.